The molecule has 0 saturated carbocycles. The van der Waals surface area contributed by atoms with Crippen LogP contribution in [0.15, 0.2) is 17.3 Å². The minimum absolute atomic E-state index is 0.152. The van der Waals surface area contributed by atoms with Gasteiger partial charge in [-0.05, 0) is 6.92 Å². The summed E-state index contributed by atoms with van der Waals surface area (Å²) < 4.78 is 33.4. The fraction of sp³-hybridized carbons (Fsp3) is 0.692. The standard InChI is InChI=1S/C13H22N4O4S/c1-4-16-7-11(5-15-16)22(19,20)17-6-10(9-21-3)12(8-17)13(18)14-2/h5,7,10,12H,4,6,8-9H2,1-3H3,(H,14,18)/t10-,12+/m0/s1. The Hall–Kier alpha value is -1.45. The van der Waals surface area contributed by atoms with Gasteiger partial charge in [0.05, 0.1) is 18.7 Å². The number of aryl methyl sites for hydroxylation is 1. The zero-order chi connectivity index (χ0) is 16.3. The second kappa shape index (κ2) is 6.76. The van der Waals surface area contributed by atoms with Crippen molar-refractivity contribution >= 4 is 15.9 Å². The summed E-state index contributed by atoms with van der Waals surface area (Å²) in [6, 6.07) is 0. The van der Waals surface area contributed by atoms with Crippen molar-refractivity contribution in [3.05, 3.63) is 12.4 Å². The number of methoxy groups -OCH3 is 1. The molecule has 0 spiro atoms. The molecule has 0 aromatic carbocycles. The zero-order valence-electron chi connectivity index (χ0n) is 13.0. The highest BCUT2D eigenvalue weighted by Gasteiger charge is 2.42. The SMILES string of the molecule is CCn1cc(S(=O)(=O)N2C[C@@H](COC)[C@H](C(=O)NC)C2)cn1. The summed E-state index contributed by atoms with van der Waals surface area (Å²) in [6.45, 7) is 3.26. The van der Waals surface area contributed by atoms with Crippen LogP contribution in [0.4, 0.5) is 0 Å². The number of amides is 1. The van der Waals surface area contributed by atoms with Crippen molar-refractivity contribution in [3.8, 4) is 0 Å². The lowest BCUT2D eigenvalue weighted by atomic mass is 9.96. The first-order chi connectivity index (χ1) is 10.4. The molecule has 0 unspecified atom stereocenters. The van der Waals surface area contributed by atoms with Crippen LogP contribution in [0.1, 0.15) is 6.92 Å². The Balaban J connectivity index is 2.23. The molecule has 1 N–H and O–H groups in total. The molecule has 1 aliphatic heterocycles. The predicted octanol–water partition coefficient (Wildman–Crippen LogP) is -0.468. The van der Waals surface area contributed by atoms with Gasteiger partial charge in [-0.2, -0.15) is 9.40 Å². The summed E-state index contributed by atoms with van der Waals surface area (Å²) in [5.41, 5.74) is 0. The molecular weight excluding hydrogens is 308 g/mol. The molecule has 1 aromatic heterocycles. The molecule has 1 aromatic rings. The number of sulfonamides is 1. The molecule has 2 atom stereocenters. The predicted molar refractivity (Wildman–Crippen MR) is 79.6 cm³/mol. The fourth-order valence-corrected chi connectivity index (χ4v) is 4.17. The Bertz CT molecular complexity index is 628. The third-order valence-electron chi connectivity index (χ3n) is 3.94. The van der Waals surface area contributed by atoms with Gasteiger partial charge in [0.15, 0.2) is 0 Å². The molecule has 9 heteroatoms. The van der Waals surface area contributed by atoms with Crippen LogP contribution in [-0.4, -0.2) is 62.3 Å². The fourth-order valence-electron chi connectivity index (χ4n) is 2.69. The number of ether oxygens (including phenoxy) is 1. The molecule has 1 fully saturated rings. The van der Waals surface area contributed by atoms with E-state index in [0.717, 1.165) is 0 Å². The molecular formula is C13H22N4O4S. The lowest BCUT2D eigenvalue weighted by molar-refractivity contribution is -0.125. The van der Waals surface area contributed by atoms with E-state index >= 15 is 0 Å². The van der Waals surface area contributed by atoms with Gasteiger partial charge in [-0.1, -0.05) is 0 Å². The Kier molecular flexibility index (Phi) is 5.20. The number of hydrogen-bond acceptors (Lipinski definition) is 5. The Morgan fingerprint density at radius 1 is 1.50 bits per heavy atom. The van der Waals surface area contributed by atoms with Gasteiger partial charge >= 0.3 is 0 Å². The van der Waals surface area contributed by atoms with Gasteiger partial charge < -0.3 is 10.1 Å². The Morgan fingerprint density at radius 2 is 2.23 bits per heavy atom. The third-order valence-corrected chi connectivity index (χ3v) is 5.73. The van der Waals surface area contributed by atoms with Gasteiger partial charge in [0.2, 0.25) is 15.9 Å². The summed E-state index contributed by atoms with van der Waals surface area (Å²) in [7, 11) is -0.544. The quantitative estimate of drug-likeness (QED) is 0.761. The highest BCUT2D eigenvalue weighted by molar-refractivity contribution is 7.89. The topological polar surface area (TPSA) is 93.5 Å². The highest BCUT2D eigenvalue weighted by atomic mass is 32.2. The van der Waals surface area contributed by atoms with Crippen molar-refractivity contribution in [1.29, 1.82) is 0 Å². The molecule has 1 saturated heterocycles. The Morgan fingerprint density at radius 3 is 2.77 bits per heavy atom. The lowest BCUT2D eigenvalue weighted by Gasteiger charge is -2.15. The van der Waals surface area contributed by atoms with Crippen molar-refractivity contribution in [2.24, 2.45) is 11.8 Å². The van der Waals surface area contributed by atoms with E-state index < -0.39 is 15.9 Å². The molecule has 1 amide bonds. The first-order valence-electron chi connectivity index (χ1n) is 7.17. The average molecular weight is 330 g/mol. The maximum Gasteiger partial charge on any atom is 0.246 e. The van der Waals surface area contributed by atoms with Gasteiger partial charge in [-0.15, -0.1) is 0 Å². The van der Waals surface area contributed by atoms with E-state index in [9.17, 15) is 13.2 Å². The van der Waals surface area contributed by atoms with E-state index in [4.69, 9.17) is 4.74 Å². The van der Waals surface area contributed by atoms with Crippen LogP contribution >= 0.6 is 0 Å². The van der Waals surface area contributed by atoms with Gasteiger partial charge in [0, 0.05) is 45.9 Å². The van der Waals surface area contributed by atoms with Gasteiger partial charge in [-0.25, -0.2) is 8.42 Å². The molecule has 0 radical (unpaired) electrons. The first-order valence-corrected chi connectivity index (χ1v) is 8.61. The highest BCUT2D eigenvalue weighted by Crippen LogP contribution is 2.29. The van der Waals surface area contributed by atoms with E-state index in [-0.39, 0.29) is 29.8 Å². The van der Waals surface area contributed by atoms with Crippen LogP contribution in [0.2, 0.25) is 0 Å². The number of rotatable bonds is 6. The van der Waals surface area contributed by atoms with Gasteiger partial charge in [-0.3, -0.25) is 9.48 Å². The van der Waals surface area contributed by atoms with Gasteiger partial charge in [0.1, 0.15) is 4.90 Å². The summed E-state index contributed by atoms with van der Waals surface area (Å²) in [6.07, 6.45) is 2.85. The molecule has 0 aliphatic carbocycles. The summed E-state index contributed by atoms with van der Waals surface area (Å²) in [5, 5.41) is 6.59. The monoisotopic (exact) mass is 330 g/mol. The van der Waals surface area contributed by atoms with Crippen LogP contribution in [0.3, 0.4) is 0 Å². The molecule has 0 bridgehead atoms. The minimum Gasteiger partial charge on any atom is -0.384 e. The van der Waals surface area contributed by atoms with Crippen LogP contribution in [0.5, 0.6) is 0 Å². The lowest BCUT2D eigenvalue weighted by Crippen LogP contribution is -2.34. The zero-order valence-corrected chi connectivity index (χ0v) is 13.8. The number of nitrogens with one attached hydrogen (secondary N) is 1. The average Bonchev–Trinajstić information content (AvgIpc) is 3.14. The third kappa shape index (κ3) is 3.16. The normalized spacial score (nSPS) is 22.9. The summed E-state index contributed by atoms with van der Waals surface area (Å²) in [4.78, 5) is 12.1. The van der Waals surface area contributed by atoms with Crippen LogP contribution in [-0.2, 0) is 26.1 Å². The van der Waals surface area contributed by atoms with Crippen molar-refractivity contribution in [2.75, 3.05) is 33.9 Å². The summed E-state index contributed by atoms with van der Waals surface area (Å²) >= 11 is 0. The molecule has 124 valence electrons. The number of carbonyl (C=O) groups is 1. The van der Waals surface area contributed by atoms with Gasteiger partial charge in [0.25, 0.3) is 0 Å². The molecule has 22 heavy (non-hydrogen) atoms. The van der Waals surface area contributed by atoms with E-state index in [1.54, 1.807) is 18.8 Å². The number of nitrogens with zero attached hydrogens (tertiary/aromatic N) is 3. The second-order valence-electron chi connectivity index (χ2n) is 5.29. The molecule has 8 nitrogen and oxygen atoms in total. The van der Waals surface area contributed by atoms with Crippen molar-refractivity contribution in [3.63, 3.8) is 0 Å². The minimum atomic E-state index is -3.64. The second-order valence-corrected chi connectivity index (χ2v) is 7.23. The van der Waals surface area contributed by atoms with E-state index in [1.165, 1.54) is 16.7 Å². The molecule has 2 heterocycles. The van der Waals surface area contributed by atoms with E-state index in [0.29, 0.717) is 13.2 Å². The van der Waals surface area contributed by atoms with Crippen LogP contribution in [0.25, 0.3) is 0 Å². The van der Waals surface area contributed by atoms with Crippen molar-refractivity contribution < 1.29 is 17.9 Å². The van der Waals surface area contributed by atoms with E-state index in [1.807, 2.05) is 6.92 Å². The molecule has 2 rings (SSSR count). The maximum absolute atomic E-state index is 12.7. The first kappa shape index (κ1) is 16.9. The van der Waals surface area contributed by atoms with Crippen LogP contribution in [0, 0.1) is 11.8 Å². The Labute approximate surface area is 130 Å². The van der Waals surface area contributed by atoms with Crippen molar-refractivity contribution in [2.45, 2.75) is 18.4 Å². The number of carbonyl (C=O) groups excluding carboxylic acids is 1. The molecule has 1 aliphatic rings. The number of hydrogen-bond donors (Lipinski definition) is 1. The van der Waals surface area contributed by atoms with E-state index in [2.05, 4.69) is 10.4 Å². The van der Waals surface area contributed by atoms with Crippen molar-refractivity contribution in [1.82, 2.24) is 19.4 Å². The smallest absolute Gasteiger partial charge is 0.246 e. The number of aromatic nitrogens is 2. The van der Waals surface area contributed by atoms with Crippen LogP contribution < -0.4 is 5.32 Å². The largest absolute Gasteiger partial charge is 0.384 e. The summed E-state index contributed by atoms with van der Waals surface area (Å²) in [5.74, 6) is -0.717. The maximum atomic E-state index is 12.7.